The van der Waals surface area contributed by atoms with Crippen molar-refractivity contribution < 1.29 is 0 Å². The third-order valence-electron chi connectivity index (χ3n) is 1.43. The molecule has 0 aliphatic heterocycles. The third kappa shape index (κ3) is 1.29. The molecule has 0 atom stereocenters. The highest BCUT2D eigenvalue weighted by molar-refractivity contribution is 6.29. The minimum atomic E-state index is 0.479. The van der Waals surface area contributed by atoms with Gasteiger partial charge < -0.3 is 0 Å². The van der Waals surface area contributed by atoms with Gasteiger partial charge in [-0.2, -0.15) is 0 Å². The van der Waals surface area contributed by atoms with Gasteiger partial charge in [0.25, 0.3) is 0 Å². The Bertz CT molecular complexity index is 353. The lowest BCUT2D eigenvalue weighted by Crippen LogP contribution is -1.90. The smallest absolute Gasteiger partial charge is 0.129 e. The summed E-state index contributed by atoms with van der Waals surface area (Å²) in [5.41, 5.74) is 0.893. The second-order valence-corrected chi connectivity index (χ2v) is 2.60. The van der Waals surface area contributed by atoms with Crippen molar-refractivity contribution in [3.05, 3.63) is 36.1 Å². The quantitative estimate of drug-likeness (QED) is 0.622. The maximum atomic E-state index is 5.62. The summed E-state index contributed by atoms with van der Waals surface area (Å²) in [6.07, 6.45) is 4.86. The van der Waals surface area contributed by atoms with E-state index in [1.54, 1.807) is 29.5 Å². The highest BCUT2D eigenvalue weighted by atomic mass is 35.5. The third-order valence-corrected chi connectivity index (χ3v) is 1.65. The van der Waals surface area contributed by atoms with Gasteiger partial charge in [-0.1, -0.05) is 11.6 Å². The monoisotopic (exact) mass is 180 g/mol. The SMILES string of the molecule is Clc1ccc(-n2cnnc2)cn1. The molecule has 0 aliphatic carbocycles. The molecule has 0 bridgehead atoms. The van der Waals surface area contributed by atoms with Crippen LogP contribution in [-0.4, -0.2) is 19.7 Å². The van der Waals surface area contributed by atoms with Gasteiger partial charge in [-0.05, 0) is 12.1 Å². The summed E-state index contributed by atoms with van der Waals surface area (Å²) in [5, 5.41) is 7.82. The van der Waals surface area contributed by atoms with Gasteiger partial charge in [0, 0.05) is 0 Å². The van der Waals surface area contributed by atoms with Crippen molar-refractivity contribution in [1.29, 1.82) is 0 Å². The number of hydrogen-bond donors (Lipinski definition) is 0. The fourth-order valence-electron chi connectivity index (χ4n) is 0.855. The maximum Gasteiger partial charge on any atom is 0.129 e. The Hall–Kier alpha value is -1.42. The molecule has 2 aromatic rings. The largest absolute Gasteiger partial charge is 0.287 e. The molecule has 0 radical (unpaired) electrons. The van der Waals surface area contributed by atoms with Crippen molar-refractivity contribution >= 4 is 11.6 Å². The van der Waals surface area contributed by atoms with Crippen molar-refractivity contribution in [1.82, 2.24) is 19.7 Å². The maximum absolute atomic E-state index is 5.62. The summed E-state index contributed by atoms with van der Waals surface area (Å²) in [6.45, 7) is 0. The first-order chi connectivity index (χ1) is 5.86. The van der Waals surface area contributed by atoms with Crippen molar-refractivity contribution in [2.24, 2.45) is 0 Å². The van der Waals surface area contributed by atoms with Crippen LogP contribution in [0.15, 0.2) is 31.0 Å². The van der Waals surface area contributed by atoms with E-state index in [2.05, 4.69) is 15.2 Å². The normalized spacial score (nSPS) is 10.1. The van der Waals surface area contributed by atoms with Gasteiger partial charge in [-0.15, -0.1) is 10.2 Å². The molecular weight excluding hydrogens is 176 g/mol. The summed E-state index contributed by atoms with van der Waals surface area (Å²) < 4.78 is 1.75. The minimum Gasteiger partial charge on any atom is -0.287 e. The molecule has 0 amide bonds. The highest BCUT2D eigenvalue weighted by Crippen LogP contribution is 2.08. The zero-order valence-corrected chi connectivity index (χ0v) is 6.81. The van der Waals surface area contributed by atoms with Crippen molar-refractivity contribution in [3.8, 4) is 5.69 Å². The number of aromatic nitrogens is 4. The Morgan fingerprint density at radius 2 is 1.92 bits per heavy atom. The molecule has 2 rings (SSSR count). The van der Waals surface area contributed by atoms with Crippen LogP contribution in [0.4, 0.5) is 0 Å². The van der Waals surface area contributed by atoms with Crippen LogP contribution in [-0.2, 0) is 0 Å². The van der Waals surface area contributed by atoms with Crippen LogP contribution < -0.4 is 0 Å². The topological polar surface area (TPSA) is 43.6 Å². The van der Waals surface area contributed by atoms with Gasteiger partial charge in [0.05, 0.1) is 11.9 Å². The molecule has 5 heteroatoms. The summed E-state index contributed by atoms with van der Waals surface area (Å²) in [7, 11) is 0. The molecular formula is C7H5ClN4. The van der Waals surface area contributed by atoms with Gasteiger partial charge in [-0.3, -0.25) is 4.57 Å². The van der Waals surface area contributed by atoms with Crippen LogP contribution in [0.2, 0.25) is 5.15 Å². The van der Waals surface area contributed by atoms with Crippen LogP contribution in [0, 0.1) is 0 Å². The second-order valence-electron chi connectivity index (χ2n) is 2.21. The molecule has 2 aromatic heterocycles. The predicted molar refractivity (Wildman–Crippen MR) is 44.2 cm³/mol. The van der Waals surface area contributed by atoms with Crippen LogP contribution in [0.25, 0.3) is 5.69 Å². The Balaban J connectivity index is 2.43. The molecule has 0 spiro atoms. The lowest BCUT2D eigenvalue weighted by molar-refractivity contribution is 1.04. The van der Waals surface area contributed by atoms with E-state index < -0.39 is 0 Å². The Morgan fingerprint density at radius 1 is 1.17 bits per heavy atom. The molecule has 0 fully saturated rings. The zero-order chi connectivity index (χ0) is 8.39. The highest BCUT2D eigenvalue weighted by Gasteiger charge is 1.95. The Morgan fingerprint density at radius 3 is 2.50 bits per heavy atom. The van der Waals surface area contributed by atoms with Gasteiger partial charge in [0.2, 0.25) is 0 Å². The molecule has 0 saturated heterocycles. The van der Waals surface area contributed by atoms with Crippen molar-refractivity contribution in [2.45, 2.75) is 0 Å². The summed E-state index contributed by atoms with van der Waals surface area (Å²) in [4.78, 5) is 3.92. The van der Waals surface area contributed by atoms with E-state index in [9.17, 15) is 0 Å². The van der Waals surface area contributed by atoms with Crippen LogP contribution in [0.1, 0.15) is 0 Å². The number of nitrogens with zero attached hydrogens (tertiary/aromatic N) is 4. The summed E-state index contributed by atoms with van der Waals surface area (Å²) in [6, 6.07) is 3.57. The van der Waals surface area contributed by atoms with Gasteiger partial charge in [0.1, 0.15) is 17.8 Å². The standard InChI is InChI=1S/C7H5ClN4/c8-7-2-1-6(3-9-7)12-4-10-11-5-12/h1-5H. The molecule has 0 aromatic carbocycles. The van der Waals surface area contributed by atoms with E-state index in [1.807, 2.05) is 6.07 Å². The molecule has 0 aliphatic rings. The number of pyridine rings is 1. The molecule has 4 nitrogen and oxygen atoms in total. The Kier molecular flexibility index (Phi) is 1.75. The van der Waals surface area contributed by atoms with Crippen LogP contribution in [0.5, 0.6) is 0 Å². The average Bonchev–Trinajstić information content (AvgIpc) is 2.58. The fourth-order valence-corrected chi connectivity index (χ4v) is 0.967. The van der Waals surface area contributed by atoms with E-state index in [4.69, 9.17) is 11.6 Å². The molecule has 0 unspecified atom stereocenters. The summed E-state index contributed by atoms with van der Waals surface area (Å²) >= 11 is 5.62. The molecule has 12 heavy (non-hydrogen) atoms. The molecule has 60 valence electrons. The van der Waals surface area contributed by atoms with Crippen molar-refractivity contribution in [3.63, 3.8) is 0 Å². The lowest BCUT2D eigenvalue weighted by Gasteiger charge is -1.98. The number of halogens is 1. The van der Waals surface area contributed by atoms with Crippen LogP contribution >= 0.6 is 11.6 Å². The van der Waals surface area contributed by atoms with E-state index in [-0.39, 0.29) is 0 Å². The lowest BCUT2D eigenvalue weighted by atomic mass is 10.4. The minimum absolute atomic E-state index is 0.479. The first-order valence-corrected chi connectivity index (χ1v) is 3.70. The van der Waals surface area contributed by atoms with E-state index in [1.165, 1.54) is 0 Å². The molecule has 2 heterocycles. The fraction of sp³-hybridized carbons (Fsp3) is 0. The molecule has 0 N–H and O–H groups in total. The Labute approximate surface area is 73.8 Å². The number of hydrogen-bond acceptors (Lipinski definition) is 3. The van der Waals surface area contributed by atoms with Gasteiger partial charge >= 0.3 is 0 Å². The van der Waals surface area contributed by atoms with E-state index >= 15 is 0 Å². The van der Waals surface area contributed by atoms with E-state index in [0.29, 0.717) is 5.15 Å². The van der Waals surface area contributed by atoms with Gasteiger partial charge in [0.15, 0.2) is 0 Å². The second kappa shape index (κ2) is 2.91. The average molecular weight is 181 g/mol. The number of rotatable bonds is 1. The van der Waals surface area contributed by atoms with Crippen LogP contribution in [0.3, 0.4) is 0 Å². The summed E-state index contributed by atoms with van der Waals surface area (Å²) in [5.74, 6) is 0. The molecule has 0 saturated carbocycles. The first kappa shape index (κ1) is 7.24. The van der Waals surface area contributed by atoms with Gasteiger partial charge in [-0.25, -0.2) is 4.98 Å². The predicted octanol–water partition coefficient (Wildman–Crippen LogP) is 1.32. The zero-order valence-electron chi connectivity index (χ0n) is 6.05. The van der Waals surface area contributed by atoms with Crippen molar-refractivity contribution in [2.75, 3.05) is 0 Å². The first-order valence-electron chi connectivity index (χ1n) is 3.33. The van der Waals surface area contributed by atoms with E-state index in [0.717, 1.165) is 5.69 Å².